The number of carbonyl (C=O) groups is 1. The molecule has 2 heterocycles. The maximum absolute atomic E-state index is 11.3. The van der Waals surface area contributed by atoms with Crippen molar-refractivity contribution in [2.24, 2.45) is 7.05 Å². The first-order chi connectivity index (χ1) is 9.06. The molecule has 0 aliphatic carbocycles. The zero-order chi connectivity index (χ0) is 14.0. The van der Waals surface area contributed by atoms with E-state index in [0.717, 1.165) is 18.5 Å². The molecule has 0 fully saturated rings. The molecule has 102 valence electrons. The largest absolute Gasteiger partial charge is 0.492 e. The Hall–Kier alpha value is -2.11. The van der Waals surface area contributed by atoms with Crippen molar-refractivity contribution in [1.29, 1.82) is 0 Å². The maximum atomic E-state index is 11.3. The second kappa shape index (κ2) is 5.26. The molecule has 1 N–H and O–H groups in total. The Kier molecular flexibility index (Phi) is 3.69. The number of ether oxygens (including phenoxy) is 1. The highest BCUT2D eigenvalue weighted by molar-refractivity contribution is 5.98. The van der Waals surface area contributed by atoms with Crippen molar-refractivity contribution in [3.05, 3.63) is 17.5 Å². The van der Waals surface area contributed by atoms with Gasteiger partial charge in [-0.1, -0.05) is 13.3 Å². The Balaban J connectivity index is 2.58. The highest BCUT2D eigenvalue weighted by Crippen LogP contribution is 2.30. The Labute approximate surface area is 111 Å². The number of rotatable bonds is 5. The van der Waals surface area contributed by atoms with Crippen LogP contribution in [0.5, 0.6) is 5.75 Å². The summed E-state index contributed by atoms with van der Waals surface area (Å²) < 4.78 is 7.30. The molecule has 6 nitrogen and oxygen atoms in total. The highest BCUT2D eigenvalue weighted by atomic mass is 16.5. The zero-order valence-electron chi connectivity index (χ0n) is 11.3. The van der Waals surface area contributed by atoms with Crippen molar-refractivity contribution in [3.8, 4) is 5.75 Å². The molecule has 0 aromatic carbocycles. The molecule has 2 rings (SSSR count). The van der Waals surface area contributed by atoms with Gasteiger partial charge in [-0.3, -0.25) is 4.68 Å². The normalized spacial score (nSPS) is 10.9. The molecule has 2 aromatic rings. The van der Waals surface area contributed by atoms with E-state index in [-0.39, 0.29) is 5.56 Å². The molecule has 0 saturated heterocycles. The summed E-state index contributed by atoms with van der Waals surface area (Å²) in [4.78, 5) is 15.4. The molecule has 19 heavy (non-hydrogen) atoms. The lowest BCUT2D eigenvalue weighted by molar-refractivity contribution is 0.0692. The van der Waals surface area contributed by atoms with Crippen LogP contribution in [-0.4, -0.2) is 32.4 Å². The van der Waals surface area contributed by atoms with E-state index < -0.39 is 5.97 Å². The molecule has 0 radical (unpaired) electrons. The number of aromatic carboxylic acids is 1. The monoisotopic (exact) mass is 263 g/mol. The van der Waals surface area contributed by atoms with Crippen molar-refractivity contribution in [2.45, 2.75) is 26.7 Å². The van der Waals surface area contributed by atoms with E-state index in [0.29, 0.717) is 23.4 Å². The van der Waals surface area contributed by atoms with Crippen LogP contribution in [0.3, 0.4) is 0 Å². The number of aromatic nitrogens is 3. The summed E-state index contributed by atoms with van der Waals surface area (Å²) in [5.41, 5.74) is 1.44. The number of aryl methyl sites for hydroxylation is 2. The van der Waals surface area contributed by atoms with E-state index in [1.54, 1.807) is 11.7 Å². The average molecular weight is 263 g/mol. The van der Waals surface area contributed by atoms with Crippen LogP contribution in [0, 0.1) is 6.92 Å². The third kappa shape index (κ3) is 2.38. The Morgan fingerprint density at radius 1 is 1.53 bits per heavy atom. The van der Waals surface area contributed by atoms with E-state index in [4.69, 9.17) is 4.74 Å². The van der Waals surface area contributed by atoms with Crippen LogP contribution in [-0.2, 0) is 7.05 Å². The van der Waals surface area contributed by atoms with Gasteiger partial charge in [0.2, 0.25) is 0 Å². The summed E-state index contributed by atoms with van der Waals surface area (Å²) in [6, 6.07) is 0. The SMILES string of the molecule is CCCCOc1c(C(=O)O)cnc2c1c(C)nn2C. The van der Waals surface area contributed by atoms with Crippen molar-refractivity contribution in [3.63, 3.8) is 0 Å². The summed E-state index contributed by atoms with van der Waals surface area (Å²) in [5.74, 6) is -0.666. The smallest absolute Gasteiger partial charge is 0.341 e. The predicted octanol–water partition coefficient (Wildman–Crippen LogP) is 2.15. The van der Waals surface area contributed by atoms with Crippen molar-refractivity contribution >= 4 is 17.0 Å². The number of carboxylic acids is 1. The molecule has 0 saturated carbocycles. The second-order valence-electron chi connectivity index (χ2n) is 4.42. The van der Waals surface area contributed by atoms with E-state index in [9.17, 15) is 9.90 Å². The summed E-state index contributed by atoms with van der Waals surface area (Å²) in [6.45, 7) is 4.37. The van der Waals surface area contributed by atoms with Gasteiger partial charge in [0, 0.05) is 13.2 Å². The maximum Gasteiger partial charge on any atom is 0.341 e. The first-order valence-electron chi connectivity index (χ1n) is 6.24. The number of hydrogen-bond acceptors (Lipinski definition) is 4. The molecular formula is C13H17N3O3. The third-order valence-electron chi connectivity index (χ3n) is 2.95. The fraction of sp³-hybridized carbons (Fsp3) is 0.462. The lowest BCUT2D eigenvalue weighted by atomic mass is 10.1. The highest BCUT2D eigenvalue weighted by Gasteiger charge is 2.20. The molecule has 0 unspecified atom stereocenters. The number of pyridine rings is 1. The quantitative estimate of drug-likeness (QED) is 0.836. The van der Waals surface area contributed by atoms with Gasteiger partial charge in [-0.2, -0.15) is 5.10 Å². The minimum Gasteiger partial charge on any atom is -0.492 e. The third-order valence-corrected chi connectivity index (χ3v) is 2.95. The molecule has 0 bridgehead atoms. The summed E-state index contributed by atoms with van der Waals surface area (Å²) in [6.07, 6.45) is 3.19. The number of carboxylic acid groups (broad SMARTS) is 1. The van der Waals surface area contributed by atoms with E-state index in [1.165, 1.54) is 6.20 Å². The van der Waals surface area contributed by atoms with Gasteiger partial charge in [0.25, 0.3) is 0 Å². The van der Waals surface area contributed by atoms with Crippen molar-refractivity contribution < 1.29 is 14.6 Å². The number of fused-ring (bicyclic) bond motifs is 1. The van der Waals surface area contributed by atoms with Crippen LogP contribution in [0.4, 0.5) is 0 Å². The number of hydrogen-bond donors (Lipinski definition) is 1. The summed E-state index contributed by atoms with van der Waals surface area (Å²) in [5, 5.41) is 14.2. The molecule has 2 aromatic heterocycles. The van der Waals surface area contributed by atoms with Crippen molar-refractivity contribution in [2.75, 3.05) is 6.61 Å². The standard InChI is InChI=1S/C13H17N3O3/c1-4-5-6-19-11-9(13(17)18)7-14-12-10(11)8(2)15-16(12)3/h7H,4-6H2,1-3H3,(H,17,18). The predicted molar refractivity (Wildman–Crippen MR) is 70.6 cm³/mol. The Morgan fingerprint density at radius 3 is 2.89 bits per heavy atom. The van der Waals surface area contributed by atoms with Gasteiger partial charge in [0.05, 0.1) is 17.7 Å². The Morgan fingerprint density at radius 2 is 2.26 bits per heavy atom. The average Bonchev–Trinajstić information content (AvgIpc) is 2.65. The molecule has 0 amide bonds. The van der Waals surface area contributed by atoms with Crippen molar-refractivity contribution in [1.82, 2.24) is 14.8 Å². The summed E-state index contributed by atoms with van der Waals surface area (Å²) >= 11 is 0. The Bertz CT molecular complexity index is 619. The van der Waals surface area contributed by atoms with Gasteiger partial charge in [0.15, 0.2) is 5.65 Å². The topological polar surface area (TPSA) is 77.2 Å². The van der Waals surface area contributed by atoms with E-state index in [1.807, 2.05) is 6.92 Å². The minimum absolute atomic E-state index is 0.0831. The van der Waals surface area contributed by atoms with Crippen LogP contribution < -0.4 is 4.74 Å². The zero-order valence-corrected chi connectivity index (χ0v) is 11.3. The van der Waals surface area contributed by atoms with Gasteiger partial charge >= 0.3 is 5.97 Å². The van der Waals surface area contributed by atoms with Gasteiger partial charge in [-0.05, 0) is 13.3 Å². The number of unbranched alkanes of at least 4 members (excludes halogenated alkanes) is 1. The van der Waals surface area contributed by atoms with Crippen LogP contribution in [0.1, 0.15) is 35.8 Å². The van der Waals surface area contributed by atoms with Crippen LogP contribution in [0.2, 0.25) is 0 Å². The van der Waals surface area contributed by atoms with Gasteiger partial charge in [-0.15, -0.1) is 0 Å². The lowest BCUT2D eigenvalue weighted by Crippen LogP contribution is -2.06. The van der Waals surface area contributed by atoms with Crippen LogP contribution in [0.25, 0.3) is 11.0 Å². The molecule has 0 aliphatic rings. The number of nitrogens with zero attached hydrogens (tertiary/aromatic N) is 3. The van der Waals surface area contributed by atoms with Crippen LogP contribution in [0.15, 0.2) is 6.20 Å². The lowest BCUT2D eigenvalue weighted by Gasteiger charge is -2.10. The first kappa shape index (κ1) is 13.3. The molecule has 0 aliphatic heterocycles. The molecular weight excluding hydrogens is 246 g/mol. The first-order valence-corrected chi connectivity index (χ1v) is 6.24. The van der Waals surface area contributed by atoms with Gasteiger partial charge in [0.1, 0.15) is 11.3 Å². The minimum atomic E-state index is -1.04. The van der Waals surface area contributed by atoms with E-state index in [2.05, 4.69) is 17.0 Å². The molecule has 0 atom stereocenters. The van der Waals surface area contributed by atoms with Gasteiger partial charge < -0.3 is 9.84 Å². The molecule has 6 heteroatoms. The fourth-order valence-electron chi connectivity index (χ4n) is 2.00. The molecule has 0 spiro atoms. The van der Waals surface area contributed by atoms with E-state index >= 15 is 0 Å². The second-order valence-corrected chi connectivity index (χ2v) is 4.42. The van der Waals surface area contributed by atoms with Gasteiger partial charge in [-0.25, -0.2) is 9.78 Å². The van der Waals surface area contributed by atoms with Crippen LogP contribution >= 0.6 is 0 Å². The fourth-order valence-corrected chi connectivity index (χ4v) is 2.00. The summed E-state index contributed by atoms with van der Waals surface area (Å²) in [7, 11) is 1.78.